The number of thioether (sulfide) groups is 1. The van der Waals surface area contributed by atoms with E-state index in [1.54, 1.807) is 28.7 Å². The third-order valence-corrected chi connectivity index (χ3v) is 6.53. The van der Waals surface area contributed by atoms with Crippen LogP contribution in [0.15, 0.2) is 82.7 Å². The van der Waals surface area contributed by atoms with Crippen molar-refractivity contribution < 1.29 is 4.79 Å². The number of hydrogen-bond donors (Lipinski definition) is 1. The number of aromatic nitrogens is 4. The Labute approximate surface area is 202 Å². The number of benzene rings is 3. The van der Waals surface area contributed by atoms with Gasteiger partial charge in [-0.25, -0.2) is 4.57 Å². The summed E-state index contributed by atoms with van der Waals surface area (Å²) in [5, 5.41) is 13.0. The number of para-hydroxylation sites is 3. The molecular weight excluding hydrogens is 481 g/mol. The minimum absolute atomic E-state index is 0.0428. The van der Waals surface area contributed by atoms with Crippen molar-refractivity contribution in [3.8, 4) is 5.69 Å². The van der Waals surface area contributed by atoms with Gasteiger partial charge in [0.25, 0.3) is 5.56 Å². The van der Waals surface area contributed by atoms with Gasteiger partial charge in [-0.05, 0) is 36.4 Å². The molecule has 0 atom stereocenters. The minimum Gasteiger partial charge on any atom is -0.323 e. The summed E-state index contributed by atoms with van der Waals surface area (Å²) in [7, 11) is 0. The number of carbonyl (C=O) groups excluding carboxylic acids is 1. The van der Waals surface area contributed by atoms with Crippen LogP contribution in [0, 0.1) is 0 Å². The molecule has 3 aromatic carbocycles. The predicted molar refractivity (Wildman–Crippen MR) is 132 cm³/mol. The van der Waals surface area contributed by atoms with Crippen molar-refractivity contribution in [2.24, 2.45) is 0 Å². The van der Waals surface area contributed by atoms with Gasteiger partial charge in [-0.15, -0.1) is 10.2 Å². The van der Waals surface area contributed by atoms with Crippen molar-refractivity contribution >= 4 is 63.2 Å². The quantitative estimate of drug-likeness (QED) is 0.344. The molecule has 0 aliphatic heterocycles. The van der Waals surface area contributed by atoms with Crippen LogP contribution < -0.4 is 10.9 Å². The first kappa shape index (κ1) is 21.5. The van der Waals surface area contributed by atoms with Crippen LogP contribution >= 0.6 is 35.0 Å². The molecule has 0 saturated carbocycles. The lowest BCUT2D eigenvalue weighted by Gasteiger charge is -2.11. The summed E-state index contributed by atoms with van der Waals surface area (Å²) in [5.41, 5.74) is 1.50. The van der Waals surface area contributed by atoms with E-state index in [9.17, 15) is 9.59 Å². The molecule has 10 heteroatoms. The zero-order chi connectivity index (χ0) is 22.9. The molecule has 0 bridgehead atoms. The summed E-state index contributed by atoms with van der Waals surface area (Å²) in [4.78, 5) is 25.9. The number of nitrogens with zero attached hydrogens (tertiary/aromatic N) is 4. The van der Waals surface area contributed by atoms with Gasteiger partial charge >= 0.3 is 0 Å². The van der Waals surface area contributed by atoms with E-state index in [2.05, 4.69) is 15.5 Å². The van der Waals surface area contributed by atoms with Gasteiger partial charge < -0.3 is 5.32 Å². The molecule has 0 radical (unpaired) electrons. The molecule has 7 nitrogen and oxygen atoms in total. The molecule has 0 unspecified atom stereocenters. The fraction of sp³-hybridized carbons (Fsp3) is 0.0435. The SMILES string of the molecule is O=C(CSc1nnc2n(-c3ccccc3)c(=O)c3ccccc3n12)Nc1c(Cl)cccc1Cl. The van der Waals surface area contributed by atoms with E-state index in [1.165, 1.54) is 16.3 Å². The van der Waals surface area contributed by atoms with Crippen LogP contribution in [0.1, 0.15) is 0 Å². The lowest BCUT2D eigenvalue weighted by Crippen LogP contribution is -2.21. The maximum absolute atomic E-state index is 13.3. The van der Waals surface area contributed by atoms with Gasteiger partial charge in [0, 0.05) is 0 Å². The Kier molecular flexibility index (Phi) is 5.80. The number of nitrogens with one attached hydrogen (secondary N) is 1. The highest BCUT2D eigenvalue weighted by atomic mass is 35.5. The molecule has 0 saturated heterocycles. The predicted octanol–water partition coefficient (Wildman–Crippen LogP) is 5.07. The van der Waals surface area contributed by atoms with Gasteiger partial charge in [-0.3, -0.25) is 14.0 Å². The highest BCUT2D eigenvalue weighted by Gasteiger charge is 2.19. The van der Waals surface area contributed by atoms with E-state index in [4.69, 9.17) is 23.2 Å². The van der Waals surface area contributed by atoms with Crippen LogP contribution in [0.5, 0.6) is 0 Å². The molecule has 0 fully saturated rings. The molecular formula is C23H15Cl2N5O2S. The van der Waals surface area contributed by atoms with Crippen LogP contribution in [0.4, 0.5) is 5.69 Å². The van der Waals surface area contributed by atoms with Crippen molar-refractivity contribution in [1.29, 1.82) is 0 Å². The van der Waals surface area contributed by atoms with E-state index < -0.39 is 0 Å². The van der Waals surface area contributed by atoms with Gasteiger partial charge in [0.15, 0.2) is 5.16 Å². The summed E-state index contributed by atoms with van der Waals surface area (Å²) < 4.78 is 3.30. The summed E-state index contributed by atoms with van der Waals surface area (Å²) in [6.07, 6.45) is 0. The zero-order valence-electron chi connectivity index (χ0n) is 16.9. The average molecular weight is 496 g/mol. The molecule has 0 spiro atoms. The van der Waals surface area contributed by atoms with Crippen molar-refractivity contribution in [3.05, 3.63) is 93.2 Å². The van der Waals surface area contributed by atoms with Crippen molar-refractivity contribution in [3.63, 3.8) is 0 Å². The number of rotatable bonds is 5. The second-order valence-corrected chi connectivity index (χ2v) is 8.80. The van der Waals surface area contributed by atoms with Crippen LogP contribution in [0.3, 0.4) is 0 Å². The summed E-state index contributed by atoms with van der Waals surface area (Å²) in [6, 6.07) is 21.5. The maximum atomic E-state index is 13.3. The van der Waals surface area contributed by atoms with Gasteiger partial charge in [-0.1, -0.05) is 71.4 Å². The Morgan fingerprint density at radius 1 is 0.909 bits per heavy atom. The van der Waals surface area contributed by atoms with E-state index in [0.717, 1.165) is 0 Å². The lowest BCUT2D eigenvalue weighted by atomic mass is 10.2. The van der Waals surface area contributed by atoms with E-state index in [0.29, 0.717) is 43.3 Å². The molecule has 1 N–H and O–H groups in total. The molecule has 164 valence electrons. The number of hydrogen-bond acceptors (Lipinski definition) is 5. The molecule has 5 rings (SSSR count). The first-order valence-corrected chi connectivity index (χ1v) is 11.6. The number of halogens is 2. The fourth-order valence-corrected chi connectivity index (χ4v) is 4.74. The number of anilines is 1. The Morgan fingerprint density at radius 3 is 2.36 bits per heavy atom. The van der Waals surface area contributed by atoms with Crippen molar-refractivity contribution in [2.75, 3.05) is 11.1 Å². The molecule has 33 heavy (non-hydrogen) atoms. The monoisotopic (exact) mass is 495 g/mol. The summed E-state index contributed by atoms with van der Waals surface area (Å²) >= 11 is 13.5. The van der Waals surface area contributed by atoms with Crippen LogP contribution in [-0.2, 0) is 4.79 Å². The summed E-state index contributed by atoms with van der Waals surface area (Å²) in [5.74, 6) is 0.107. The van der Waals surface area contributed by atoms with Gasteiger partial charge in [-0.2, -0.15) is 0 Å². The Balaban J connectivity index is 1.54. The molecule has 0 aliphatic carbocycles. The highest BCUT2D eigenvalue weighted by Crippen LogP contribution is 2.30. The second-order valence-electron chi connectivity index (χ2n) is 7.04. The normalized spacial score (nSPS) is 11.2. The summed E-state index contributed by atoms with van der Waals surface area (Å²) in [6.45, 7) is 0. The molecule has 1 amide bonds. The van der Waals surface area contributed by atoms with E-state index in [1.807, 2.05) is 48.5 Å². The first-order valence-electron chi connectivity index (χ1n) is 9.85. The molecule has 2 aromatic heterocycles. The number of carbonyl (C=O) groups is 1. The topological polar surface area (TPSA) is 81.3 Å². The average Bonchev–Trinajstić information content (AvgIpc) is 3.25. The Morgan fingerprint density at radius 2 is 1.61 bits per heavy atom. The third kappa shape index (κ3) is 3.97. The lowest BCUT2D eigenvalue weighted by molar-refractivity contribution is -0.113. The third-order valence-electron chi connectivity index (χ3n) is 4.97. The van der Waals surface area contributed by atoms with Crippen LogP contribution in [0.2, 0.25) is 10.0 Å². The number of fused-ring (bicyclic) bond motifs is 3. The van der Waals surface area contributed by atoms with Crippen molar-refractivity contribution in [2.45, 2.75) is 5.16 Å². The molecule has 0 aliphatic rings. The first-order chi connectivity index (χ1) is 16.0. The van der Waals surface area contributed by atoms with Gasteiger partial charge in [0.05, 0.1) is 38.1 Å². The van der Waals surface area contributed by atoms with Crippen molar-refractivity contribution in [1.82, 2.24) is 19.2 Å². The zero-order valence-corrected chi connectivity index (χ0v) is 19.2. The molecule has 5 aromatic rings. The van der Waals surface area contributed by atoms with E-state index in [-0.39, 0.29) is 17.2 Å². The van der Waals surface area contributed by atoms with Gasteiger partial charge in [0.1, 0.15) is 0 Å². The Bertz CT molecular complexity index is 1550. The van der Waals surface area contributed by atoms with Crippen LogP contribution in [0.25, 0.3) is 22.4 Å². The maximum Gasteiger partial charge on any atom is 0.267 e. The fourth-order valence-electron chi connectivity index (χ4n) is 3.50. The standard InChI is InChI=1S/C23H15Cl2N5O2S/c24-16-10-6-11-17(25)20(16)26-19(31)13-33-23-28-27-22-29(14-7-2-1-3-8-14)21(32)15-9-4-5-12-18(15)30(22)23/h1-12H,13H2,(H,26,31). The molecule has 2 heterocycles. The minimum atomic E-state index is -0.299. The van der Waals surface area contributed by atoms with Crippen LogP contribution in [-0.4, -0.2) is 30.8 Å². The number of amides is 1. The van der Waals surface area contributed by atoms with E-state index >= 15 is 0 Å². The largest absolute Gasteiger partial charge is 0.323 e. The second kappa shape index (κ2) is 8.90. The van der Waals surface area contributed by atoms with Gasteiger partial charge in [0.2, 0.25) is 11.7 Å². The Hall–Kier alpha value is -3.33. The smallest absolute Gasteiger partial charge is 0.267 e. The highest BCUT2D eigenvalue weighted by molar-refractivity contribution is 7.99.